The molecule has 0 bridgehead atoms. The number of alkyl halides is 1. The predicted octanol–water partition coefficient (Wildman–Crippen LogP) is 5.29. The van der Waals surface area contributed by atoms with Gasteiger partial charge in [-0.1, -0.05) is 42.2 Å². The van der Waals surface area contributed by atoms with Crippen molar-refractivity contribution in [3.8, 4) is 0 Å². The van der Waals surface area contributed by atoms with Crippen LogP contribution in [0.4, 0.5) is 0 Å². The summed E-state index contributed by atoms with van der Waals surface area (Å²) in [7, 11) is 0. The Balaban J connectivity index is 2.00. The fourth-order valence-electron chi connectivity index (χ4n) is 2.36. The van der Waals surface area contributed by atoms with Crippen molar-refractivity contribution >= 4 is 17.4 Å². The molecule has 6 nitrogen and oxygen atoms in total. The summed E-state index contributed by atoms with van der Waals surface area (Å²) in [5.41, 5.74) is 9.86. The monoisotopic (exact) mass is 381 g/mol. The highest BCUT2D eigenvalue weighted by atomic mass is 35.5. The molecule has 0 heterocycles. The summed E-state index contributed by atoms with van der Waals surface area (Å²) >= 11 is 5.62. The van der Waals surface area contributed by atoms with Crippen LogP contribution in [0.1, 0.15) is 54.4 Å². The maximum absolute atomic E-state index is 12.1. The summed E-state index contributed by atoms with van der Waals surface area (Å²) in [6, 6.07) is 7.16. The van der Waals surface area contributed by atoms with Gasteiger partial charge in [0.15, 0.2) is 5.78 Å². The molecular formula is C19H28ClN3O3. The second-order valence-corrected chi connectivity index (χ2v) is 6.32. The Bertz CT molecular complexity index is 545. The highest BCUT2D eigenvalue weighted by Gasteiger charge is 2.05. The van der Waals surface area contributed by atoms with Gasteiger partial charge in [0, 0.05) is 36.0 Å². The minimum atomic E-state index is 0.0946. The number of rotatable bonds is 16. The Hall–Kier alpha value is -1.59. The van der Waals surface area contributed by atoms with Gasteiger partial charge in [-0.3, -0.25) is 4.79 Å². The first-order chi connectivity index (χ1) is 12.8. The van der Waals surface area contributed by atoms with Crippen molar-refractivity contribution in [2.45, 2.75) is 45.1 Å². The predicted molar refractivity (Wildman–Crippen MR) is 104 cm³/mol. The molecule has 1 aromatic rings. The topological polar surface area (TPSA) is 84.3 Å². The largest absolute Gasteiger partial charge is 0.379 e. The van der Waals surface area contributed by atoms with E-state index in [0.29, 0.717) is 44.8 Å². The van der Waals surface area contributed by atoms with Gasteiger partial charge in [0.1, 0.15) is 0 Å². The van der Waals surface area contributed by atoms with Gasteiger partial charge in [0.05, 0.1) is 19.8 Å². The lowest BCUT2D eigenvalue weighted by Gasteiger charge is -2.06. The zero-order chi connectivity index (χ0) is 18.9. The van der Waals surface area contributed by atoms with E-state index in [4.69, 9.17) is 26.6 Å². The molecule has 0 N–H and O–H groups in total. The SMILES string of the molecule is [N-]=[N+]=NCc1ccc(C(=O)CCCOCCOCCCCCCCl)cc1. The Morgan fingerprint density at radius 3 is 2.27 bits per heavy atom. The maximum atomic E-state index is 12.1. The summed E-state index contributed by atoms with van der Waals surface area (Å²) in [5, 5.41) is 3.49. The highest BCUT2D eigenvalue weighted by molar-refractivity contribution is 6.17. The number of unbranched alkanes of at least 4 members (excludes halogenated alkanes) is 3. The van der Waals surface area contributed by atoms with Crippen LogP contribution in [0.3, 0.4) is 0 Å². The smallest absolute Gasteiger partial charge is 0.162 e. The zero-order valence-corrected chi connectivity index (χ0v) is 16.0. The molecule has 7 heteroatoms. The molecule has 0 aliphatic heterocycles. The van der Waals surface area contributed by atoms with Crippen LogP contribution in [-0.2, 0) is 16.0 Å². The molecule has 0 aliphatic carbocycles. The number of carbonyl (C=O) groups excluding carboxylic acids is 1. The quantitative estimate of drug-likeness (QED) is 0.0973. The molecule has 0 amide bonds. The van der Waals surface area contributed by atoms with Crippen LogP contribution in [0.5, 0.6) is 0 Å². The second kappa shape index (κ2) is 15.6. The van der Waals surface area contributed by atoms with Gasteiger partial charge < -0.3 is 9.47 Å². The van der Waals surface area contributed by atoms with E-state index in [1.165, 1.54) is 0 Å². The lowest BCUT2D eigenvalue weighted by atomic mass is 10.0. The lowest BCUT2D eigenvalue weighted by molar-refractivity contribution is 0.0447. The van der Waals surface area contributed by atoms with E-state index in [9.17, 15) is 4.79 Å². The van der Waals surface area contributed by atoms with Crippen molar-refractivity contribution in [3.63, 3.8) is 0 Å². The number of ether oxygens (including phenoxy) is 2. The molecule has 0 unspecified atom stereocenters. The van der Waals surface area contributed by atoms with Crippen molar-refractivity contribution in [1.82, 2.24) is 0 Å². The second-order valence-electron chi connectivity index (χ2n) is 5.94. The number of ketones is 1. The highest BCUT2D eigenvalue weighted by Crippen LogP contribution is 2.09. The third-order valence-electron chi connectivity index (χ3n) is 3.83. The van der Waals surface area contributed by atoms with Crippen LogP contribution >= 0.6 is 11.6 Å². The molecule has 26 heavy (non-hydrogen) atoms. The number of azide groups is 1. The van der Waals surface area contributed by atoms with E-state index >= 15 is 0 Å². The first kappa shape index (κ1) is 22.5. The van der Waals surface area contributed by atoms with E-state index in [-0.39, 0.29) is 5.78 Å². The molecule has 0 atom stereocenters. The van der Waals surface area contributed by atoms with E-state index in [1.807, 2.05) is 12.1 Å². The average Bonchev–Trinajstić information content (AvgIpc) is 2.67. The van der Waals surface area contributed by atoms with Crippen molar-refractivity contribution < 1.29 is 14.3 Å². The van der Waals surface area contributed by atoms with Crippen LogP contribution < -0.4 is 0 Å². The van der Waals surface area contributed by atoms with Crippen molar-refractivity contribution in [1.29, 1.82) is 0 Å². The molecule has 0 radical (unpaired) electrons. The van der Waals surface area contributed by atoms with Crippen LogP contribution in [0.15, 0.2) is 29.4 Å². The molecule has 0 spiro atoms. The summed E-state index contributed by atoms with van der Waals surface area (Å²) < 4.78 is 11.0. The fraction of sp³-hybridized carbons (Fsp3) is 0.632. The minimum absolute atomic E-state index is 0.0946. The average molecular weight is 382 g/mol. The van der Waals surface area contributed by atoms with Gasteiger partial charge >= 0.3 is 0 Å². The van der Waals surface area contributed by atoms with Gasteiger partial charge in [-0.05, 0) is 30.4 Å². The van der Waals surface area contributed by atoms with Crippen molar-refractivity contribution in [2.75, 3.05) is 32.3 Å². The molecule has 0 aromatic heterocycles. The fourth-order valence-corrected chi connectivity index (χ4v) is 2.55. The molecule has 0 saturated heterocycles. The Kier molecular flexibility index (Phi) is 13.5. The van der Waals surface area contributed by atoms with Crippen LogP contribution in [0, 0.1) is 0 Å². The van der Waals surface area contributed by atoms with Crippen LogP contribution in [0.25, 0.3) is 10.4 Å². The number of nitrogens with zero attached hydrogens (tertiary/aromatic N) is 3. The molecule has 0 saturated carbocycles. The molecule has 144 valence electrons. The number of hydrogen-bond donors (Lipinski definition) is 0. The Morgan fingerprint density at radius 2 is 1.62 bits per heavy atom. The van der Waals surface area contributed by atoms with Crippen LogP contribution in [0.2, 0.25) is 0 Å². The minimum Gasteiger partial charge on any atom is -0.379 e. The number of carbonyl (C=O) groups is 1. The van der Waals surface area contributed by atoms with Gasteiger partial charge in [0.2, 0.25) is 0 Å². The summed E-state index contributed by atoms with van der Waals surface area (Å²) in [4.78, 5) is 14.8. The standard InChI is InChI=1S/C19H28ClN3O3/c20-11-3-1-2-4-12-25-14-15-26-13-5-6-19(24)18-9-7-17(8-10-18)16-22-23-21/h7-10H,1-6,11-16H2. The third-order valence-corrected chi connectivity index (χ3v) is 4.10. The summed E-state index contributed by atoms with van der Waals surface area (Å²) in [5.74, 6) is 0.831. The van der Waals surface area contributed by atoms with Gasteiger partial charge in [-0.15, -0.1) is 11.6 Å². The molecule has 1 rings (SSSR count). The number of benzene rings is 1. The van der Waals surface area contributed by atoms with E-state index in [1.54, 1.807) is 12.1 Å². The van der Waals surface area contributed by atoms with Crippen molar-refractivity contribution in [2.24, 2.45) is 5.11 Å². The normalized spacial score (nSPS) is 10.5. The van der Waals surface area contributed by atoms with Gasteiger partial charge in [-0.25, -0.2) is 0 Å². The summed E-state index contributed by atoms with van der Waals surface area (Å²) in [6.07, 6.45) is 5.60. The first-order valence-electron chi connectivity index (χ1n) is 9.12. The van der Waals surface area contributed by atoms with E-state index in [0.717, 1.165) is 43.7 Å². The molecule has 0 aliphatic rings. The molecule has 0 fully saturated rings. The Morgan fingerprint density at radius 1 is 0.962 bits per heavy atom. The first-order valence-corrected chi connectivity index (χ1v) is 9.66. The van der Waals surface area contributed by atoms with Gasteiger partial charge in [0.25, 0.3) is 0 Å². The van der Waals surface area contributed by atoms with Gasteiger partial charge in [-0.2, -0.15) is 0 Å². The molecule has 1 aromatic carbocycles. The number of Topliss-reactive ketones (excluding diaryl/α,β-unsaturated/α-hetero) is 1. The number of hydrogen-bond acceptors (Lipinski definition) is 4. The summed E-state index contributed by atoms with van der Waals surface area (Å²) in [6.45, 7) is 2.77. The third kappa shape index (κ3) is 11.1. The van der Waals surface area contributed by atoms with Crippen LogP contribution in [-0.4, -0.2) is 38.1 Å². The Labute approximate surface area is 160 Å². The number of halogens is 1. The zero-order valence-electron chi connectivity index (χ0n) is 15.2. The maximum Gasteiger partial charge on any atom is 0.162 e. The molecular weight excluding hydrogens is 354 g/mol. The lowest BCUT2D eigenvalue weighted by Crippen LogP contribution is -2.07. The van der Waals surface area contributed by atoms with E-state index in [2.05, 4.69) is 10.0 Å². The van der Waals surface area contributed by atoms with Crippen molar-refractivity contribution in [3.05, 3.63) is 45.8 Å². The van der Waals surface area contributed by atoms with E-state index < -0.39 is 0 Å².